The molecule has 114 valence electrons. The molecule has 1 aliphatic rings. The van der Waals surface area contributed by atoms with E-state index in [9.17, 15) is 0 Å². The summed E-state index contributed by atoms with van der Waals surface area (Å²) in [6.07, 6.45) is 6.85. The first-order valence-corrected chi connectivity index (χ1v) is 8.02. The lowest BCUT2D eigenvalue weighted by Gasteiger charge is -2.26. The molecule has 0 spiro atoms. The minimum atomic E-state index is 0.500. The second-order valence-electron chi connectivity index (χ2n) is 5.55. The Morgan fingerprint density at radius 2 is 2.05 bits per heavy atom. The van der Waals surface area contributed by atoms with Gasteiger partial charge in [-0.05, 0) is 31.0 Å². The Balaban J connectivity index is 1.81. The highest BCUT2D eigenvalue weighted by molar-refractivity contribution is 5.15. The zero-order chi connectivity index (χ0) is 14.2. The summed E-state index contributed by atoms with van der Waals surface area (Å²) in [6.45, 7) is 11.7. The first-order valence-electron chi connectivity index (χ1n) is 8.02. The molecule has 2 rings (SSSR count). The van der Waals surface area contributed by atoms with Gasteiger partial charge >= 0.3 is 0 Å². The van der Waals surface area contributed by atoms with Crippen LogP contribution in [-0.4, -0.2) is 48.9 Å². The summed E-state index contributed by atoms with van der Waals surface area (Å²) < 4.78 is 7.70. The van der Waals surface area contributed by atoms with Crippen molar-refractivity contribution in [3.63, 3.8) is 0 Å². The van der Waals surface area contributed by atoms with Crippen LogP contribution in [0.1, 0.15) is 38.3 Å². The molecule has 0 bridgehead atoms. The smallest absolute Gasteiger partial charge is 0.0594 e. The van der Waals surface area contributed by atoms with Crippen LogP contribution in [0.15, 0.2) is 18.5 Å². The molecular weight excluding hydrogens is 250 g/mol. The maximum atomic E-state index is 5.38. The van der Waals surface area contributed by atoms with Crippen LogP contribution in [-0.2, 0) is 11.3 Å². The number of hydrogen-bond donors (Lipinski definition) is 1. The highest BCUT2D eigenvalue weighted by Crippen LogP contribution is 2.17. The molecule has 1 atom stereocenters. The van der Waals surface area contributed by atoms with Crippen molar-refractivity contribution in [2.45, 2.75) is 39.3 Å². The largest absolute Gasteiger partial charge is 0.379 e. The monoisotopic (exact) mass is 279 g/mol. The van der Waals surface area contributed by atoms with Crippen molar-refractivity contribution in [3.05, 3.63) is 24.0 Å². The maximum absolute atomic E-state index is 5.38. The van der Waals surface area contributed by atoms with Gasteiger partial charge in [0.25, 0.3) is 0 Å². The van der Waals surface area contributed by atoms with Crippen LogP contribution < -0.4 is 5.32 Å². The van der Waals surface area contributed by atoms with Crippen molar-refractivity contribution < 1.29 is 4.74 Å². The Labute approximate surface area is 123 Å². The second kappa shape index (κ2) is 8.45. The molecule has 0 aromatic carbocycles. The molecule has 1 saturated heterocycles. The van der Waals surface area contributed by atoms with E-state index in [-0.39, 0.29) is 0 Å². The van der Waals surface area contributed by atoms with Crippen molar-refractivity contribution in [1.29, 1.82) is 0 Å². The van der Waals surface area contributed by atoms with Crippen molar-refractivity contribution in [3.8, 4) is 0 Å². The lowest BCUT2D eigenvalue weighted by Crippen LogP contribution is -2.38. The highest BCUT2D eigenvalue weighted by atomic mass is 16.5. The first-order chi connectivity index (χ1) is 9.83. The van der Waals surface area contributed by atoms with Crippen LogP contribution >= 0.6 is 0 Å². The molecule has 0 amide bonds. The molecule has 1 aromatic rings. The topological polar surface area (TPSA) is 29.4 Å². The van der Waals surface area contributed by atoms with Gasteiger partial charge in [0, 0.05) is 44.6 Å². The summed E-state index contributed by atoms with van der Waals surface area (Å²) in [5.41, 5.74) is 1.42. The van der Waals surface area contributed by atoms with E-state index in [2.05, 4.69) is 47.1 Å². The number of morpholine rings is 1. The normalized spacial score (nSPS) is 18.3. The fraction of sp³-hybridized carbons (Fsp3) is 0.750. The van der Waals surface area contributed by atoms with E-state index in [0.29, 0.717) is 6.04 Å². The fourth-order valence-electron chi connectivity index (χ4n) is 2.70. The van der Waals surface area contributed by atoms with E-state index < -0.39 is 0 Å². The molecule has 1 aliphatic heterocycles. The number of ether oxygens (including phenoxy) is 1. The SMILES string of the molecule is CCCNC(CC)c1ccn(CCN2CCOCC2)c1. The van der Waals surface area contributed by atoms with Crippen molar-refractivity contribution in [1.82, 2.24) is 14.8 Å². The predicted octanol–water partition coefficient (Wildman–Crippen LogP) is 2.27. The number of rotatable bonds is 8. The molecule has 1 aromatic heterocycles. The fourth-order valence-corrected chi connectivity index (χ4v) is 2.70. The van der Waals surface area contributed by atoms with E-state index in [1.54, 1.807) is 0 Å². The Bertz CT molecular complexity index is 372. The van der Waals surface area contributed by atoms with Crippen LogP contribution in [0, 0.1) is 0 Å². The van der Waals surface area contributed by atoms with Gasteiger partial charge in [-0.25, -0.2) is 0 Å². The third kappa shape index (κ3) is 4.62. The average molecular weight is 279 g/mol. The number of nitrogens with zero attached hydrogens (tertiary/aromatic N) is 2. The van der Waals surface area contributed by atoms with Crippen molar-refractivity contribution in [2.24, 2.45) is 0 Å². The van der Waals surface area contributed by atoms with Crippen LogP contribution in [0.5, 0.6) is 0 Å². The van der Waals surface area contributed by atoms with Crippen LogP contribution in [0.4, 0.5) is 0 Å². The third-order valence-corrected chi connectivity index (χ3v) is 4.00. The standard InChI is InChI=1S/C16H29N3O/c1-3-6-17-16(4-2)15-5-7-19(14-15)9-8-18-10-12-20-13-11-18/h5,7,14,16-17H,3-4,6,8-13H2,1-2H3. The summed E-state index contributed by atoms with van der Waals surface area (Å²) >= 11 is 0. The molecule has 1 fully saturated rings. The van der Waals surface area contributed by atoms with Gasteiger partial charge in [-0.3, -0.25) is 4.90 Å². The van der Waals surface area contributed by atoms with Crippen LogP contribution in [0.25, 0.3) is 0 Å². The average Bonchev–Trinajstić information content (AvgIpc) is 2.96. The summed E-state index contributed by atoms with van der Waals surface area (Å²) in [5.74, 6) is 0. The van der Waals surface area contributed by atoms with E-state index >= 15 is 0 Å². The summed E-state index contributed by atoms with van der Waals surface area (Å²) in [4.78, 5) is 2.48. The van der Waals surface area contributed by atoms with E-state index in [1.165, 1.54) is 12.0 Å². The molecule has 4 heteroatoms. The molecule has 1 unspecified atom stereocenters. The maximum Gasteiger partial charge on any atom is 0.0594 e. The van der Waals surface area contributed by atoms with E-state index in [4.69, 9.17) is 4.74 Å². The number of aromatic nitrogens is 1. The highest BCUT2D eigenvalue weighted by Gasteiger charge is 2.12. The van der Waals surface area contributed by atoms with E-state index in [0.717, 1.165) is 52.4 Å². The quantitative estimate of drug-likeness (QED) is 0.791. The van der Waals surface area contributed by atoms with Crippen LogP contribution in [0.2, 0.25) is 0 Å². The molecule has 4 nitrogen and oxygen atoms in total. The zero-order valence-corrected chi connectivity index (χ0v) is 13.0. The van der Waals surface area contributed by atoms with Gasteiger partial charge < -0.3 is 14.6 Å². The third-order valence-electron chi connectivity index (χ3n) is 4.00. The molecule has 0 aliphatic carbocycles. The lowest BCUT2D eigenvalue weighted by atomic mass is 10.1. The van der Waals surface area contributed by atoms with E-state index in [1.807, 2.05) is 0 Å². The Hall–Kier alpha value is -0.840. The minimum Gasteiger partial charge on any atom is -0.379 e. The van der Waals surface area contributed by atoms with Crippen molar-refractivity contribution >= 4 is 0 Å². The number of nitrogens with one attached hydrogen (secondary N) is 1. The summed E-state index contributed by atoms with van der Waals surface area (Å²) in [6, 6.07) is 2.76. The molecule has 0 radical (unpaired) electrons. The van der Waals surface area contributed by atoms with Gasteiger partial charge in [0.1, 0.15) is 0 Å². The van der Waals surface area contributed by atoms with Gasteiger partial charge in [-0.15, -0.1) is 0 Å². The summed E-state index contributed by atoms with van der Waals surface area (Å²) in [7, 11) is 0. The Kier molecular flexibility index (Phi) is 6.57. The Morgan fingerprint density at radius 1 is 1.25 bits per heavy atom. The van der Waals surface area contributed by atoms with Gasteiger partial charge in [0.05, 0.1) is 13.2 Å². The molecule has 2 heterocycles. The van der Waals surface area contributed by atoms with Gasteiger partial charge in [0.2, 0.25) is 0 Å². The first kappa shape index (κ1) is 15.5. The minimum absolute atomic E-state index is 0.500. The molecule has 20 heavy (non-hydrogen) atoms. The Morgan fingerprint density at radius 3 is 2.75 bits per heavy atom. The predicted molar refractivity (Wildman–Crippen MR) is 83.0 cm³/mol. The number of hydrogen-bond acceptors (Lipinski definition) is 3. The van der Waals surface area contributed by atoms with Gasteiger partial charge in [-0.2, -0.15) is 0 Å². The van der Waals surface area contributed by atoms with Crippen molar-refractivity contribution in [2.75, 3.05) is 39.4 Å². The lowest BCUT2D eigenvalue weighted by molar-refractivity contribution is 0.0364. The second-order valence-corrected chi connectivity index (χ2v) is 5.55. The molecule has 1 N–H and O–H groups in total. The molecular formula is C16H29N3O. The van der Waals surface area contributed by atoms with Gasteiger partial charge in [-0.1, -0.05) is 13.8 Å². The molecule has 0 saturated carbocycles. The van der Waals surface area contributed by atoms with Gasteiger partial charge in [0.15, 0.2) is 0 Å². The zero-order valence-electron chi connectivity index (χ0n) is 13.0. The van der Waals surface area contributed by atoms with Crippen LogP contribution in [0.3, 0.4) is 0 Å². The summed E-state index contributed by atoms with van der Waals surface area (Å²) in [5, 5.41) is 3.61.